The summed E-state index contributed by atoms with van der Waals surface area (Å²) in [7, 11) is 0. The Hall–Kier alpha value is -2.70. The number of aromatic amines is 1. The van der Waals surface area contributed by atoms with Gasteiger partial charge in [-0.15, -0.1) is 0 Å². The van der Waals surface area contributed by atoms with Crippen molar-refractivity contribution < 1.29 is 9.18 Å². The third-order valence-electron chi connectivity index (χ3n) is 2.89. The second-order valence-corrected chi connectivity index (χ2v) is 4.40. The Kier molecular flexibility index (Phi) is 2.94. The van der Waals surface area contributed by atoms with Crippen LogP contribution in [0.4, 0.5) is 4.39 Å². The number of imidazole rings is 2. The summed E-state index contributed by atoms with van der Waals surface area (Å²) < 4.78 is 15.4. The first-order chi connectivity index (χ1) is 9.65. The lowest BCUT2D eigenvalue weighted by atomic mass is 10.3. The van der Waals surface area contributed by atoms with Crippen molar-refractivity contribution in [1.82, 2.24) is 24.7 Å². The third kappa shape index (κ3) is 2.13. The Balaban J connectivity index is 1.86. The van der Waals surface area contributed by atoms with Crippen LogP contribution in [0.25, 0.3) is 5.65 Å². The lowest BCUT2D eigenvalue weighted by Crippen LogP contribution is -2.24. The predicted molar refractivity (Wildman–Crippen MR) is 69.6 cm³/mol. The van der Waals surface area contributed by atoms with E-state index in [1.807, 2.05) is 13.0 Å². The molecule has 6 nitrogen and oxygen atoms in total. The van der Waals surface area contributed by atoms with E-state index in [0.717, 1.165) is 5.56 Å². The normalized spacial score (nSPS) is 10.9. The monoisotopic (exact) mass is 273 g/mol. The van der Waals surface area contributed by atoms with Crippen LogP contribution < -0.4 is 5.32 Å². The molecule has 0 aliphatic rings. The van der Waals surface area contributed by atoms with E-state index in [0.29, 0.717) is 11.5 Å². The second-order valence-electron chi connectivity index (χ2n) is 4.40. The van der Waals surface area contributed by atoms with Gasteiger partial charge in [-0.05, 0) is 18.6 Å². The Morgan fingerprint density at radius 2 is 2.35 bits per heavy atom. The molecule has 102 valence electrons. The van der Waals surface area contributed by atoms with Crippen molar-refractivity contribution in [1.29, 1.82) is 0 Å². The van der Waals surface area contributed by atoms with Gasteiger partial charge >= 0.3 is 0 Å². The van der Waals surface area contributed by atoms with Gasteiger partial charge in [-0.2, -0.15) is 4.39 Å². The van der Waals surface area contributed by atoms with E-state index in [1.165, 1.54) is 4.40 Å². The zero-order valence-corrected chi connectivity index (χ0v) is 10.7. The fraction of sp³-hybridized carbons (Fsp3) is 0.154. The molecule has 0 saturated carbocycles. The molecule has 0 aromatic carbocycles. The molecule has 0 bridgehead atoms. The fourth-order valence-electron chi connectivity index (χ4n) is 1.91. The summed E-state index contributed by atoms with van der Waals surface area (Å²) in [6.45, 7) is 2.04. The molecule has 3 aromatic heterocycles. The maximum atomic E-state index is 14.1. The molecule has 1 amide bonds. The molecule has 3 aromatic rings. The highest BCUT2D eigenvalue weighted by molar-refractivity contribution is 5.93. The molecule has 2 N–H and O–H groups in total. The molecule has 0 fully saturated rings. The average molecular weight is 273 g/mol. The molecule has 3 rings (SSSR count). The van der Waals surface area contributed by atoms with Gasteiger partial charge in [-0.25, -0.2) is 9.97 Å². The number of hydrogen-bond acceptors (Lipinski definition) is 3. The van der Waals surface area contributed by atoms with Crippen LogP contribution >= 0.6 is 0 Å². The second kappa shape index (κ2) is 4.76. The van der Waals surface area contributed by atoms with Gasteiger partial charge in [0.05, 0.1) is 6.54 Å². The Bertz CT molecular complexity index is 763. The minimum absolute atomic E-state index is 0.193. The van der Waals surface area contributed by atoms with Gasteiger partial charge in [0.2, 0.25) is 5.95 Å². The van der Waals surface area contributed by atoms with Gasteiger partial charge in [0.25, 0.3) is 5.91 Å². The third-order valence-corrected chi connectivity index (χ3v) is 2.89. The van der Waals surface area contributed by atoms with Crippen LogP contribution in [-0.4, -0.2) is 25.3 Å². The Labute approximate surface area is 113 Å². The SMILES string of the molecule is Cc1ccc2nc(C(=O)NCc3ncc[nH]3)c(F)n2c1. The number of aromatic nitrogens is 4. The maximum Gasteiger partial charge on any atom is 0.275 e. The highest BCUT2D eigenvalue weighted by Gasteiger charge is 2.18. The number of pyridine rings is 1. The first-order valence-electron chi connectivity index (χ1n) is 6.06. The zero-order valence-electron chi connectivity index (χ0n) is 10.7. The number of carbonyl (C=O) groups excluding carboxylic acids is 1. The van der Waals surface area contributed by atoms with E-state index >= 15 is 0 Å². The molecule has 3 heterocycles. The van der Waals surface area contributed by atoms with Crippen LogP contribution in [0, 0.1) is 12.9 Å². The quantitative estimate of drug-likeness (QED) is 0.758. The highest BCUT2D eigenvalue weighted by atomic mass is 19.1. The minimum atomic E-state index is -0.666. The molecule has 7 heteroatoms. The summed E-state index contributed by atoms with van der Waals surface area (Å²) in [6, 6.07) is 3.48. The molecule has 0 spiro atoms. The molecular weight excluding hydrogens is 261 g/mol. The average Bonchev–Trinajstić information content (AvgIpc) is 3.05. The van der Waals surface area contributed by atoms with Crippen LogP contribution in [0.3, 0.4) is 0 Å². The van der Waals surface area contributed by atoms with E-state index in [2.05, 4.69) is 20.3 Å². The lowest BCUT2D eigenvalue weighted by Gasteiger charge is -2.00. The molecule has 0 aliphatic heterocycles. The molecule has 0 aliphatic carbocycles. The van der Waals surface area contributed by atoms with Crippen molar-refractivity contribution in [2.45, 2.75) is 13.5 Å². The van der Waals surface area contributed by atoms with Gasteiger partial charge in [0, 0.05) is 18.6 Å². The number of nitrogens with zero attached hydrogens (tertiary/aromatic N) is 3. The van der Waals surface area contributed by atoms with Gasteiger partial charge in [0.15, 0.2) is 5.69 Å². The van der Waals surface area contributed by atoms with Crippen molar-refractivity contribution in [3.63, 3.8) is 0 Å². The Morgan fingerprint density at radius 3 is 3.10 bits per heavy atom. The van der Waals surface area contributed by atoms with Gasteiger partial charge < -0.3 is 10.3 Å². The standard InChI is InChI=1S/C13H12FN5O/c1-8-2-3-10-18-11(12(14)19(10)7-8)13(20)17-6-9-15-4-5-16-9/h2-5,7H,6H2,1H3,(H,15,16)(H,17,20). The van der Waals surface area contributed by atoms with Gasteiger partial charge in [-0.3, -0.25) is 9.20 Å². The van der Waals surface area contributed by atoms with Crippen LogP contribution in [0.15, 0.2) is 30.7 Å². The minimum Gasteiger partial charge on any atom is -0.347 e. The smallest absolute Gasteiger partial charge is 0.275 e. The largest absolute Gasteiger partial charge is 0.347 e. The molecule has 0 saturated heterocycles. The molecule has 20 heavy (non-hydrogen) atoms. The lowest BCUT2D eigenvalue weighted by molar-refractivity contribution is 0.0941. The van der Waals surface area contributed by atoms with Crippen LogP contribution in [-0.2, 0) is 6.54 Å². The molecule has 0 radical (unpaired) electrons. The summed E-state index contributed by atoms with van der Waals surface area (Å²) >= 11 is 0. The van der Waals surface area contributed by atoms with Crippen LogP contribution in [0.2, 0.25) is 0 Å². The van der Waals surface area contributed by atoms with E-state index in [-0.39, 0.29) is 12.2 Å². The topological polar surface area (TPSA) is 75.1 Å². The van der Waals surface area contributed by atoms with Crippen molar-refractivity contribution in [3.05, 3.63) is 53.8 Å². The predicted octanol–water partition coefficient (Wildman–Crippen LogP) is 1.43. The van der Waals surface area contributed by atoms with Gasteiger partial charge in [0.1, 0.15) is 11.5 Å². The van der Waals surface area contributed by atoms with Crippen molar-refractivity contribution in [3.8, 4) is 0 Å². The maximum absolute atomic E-state index is 14.1. The molecule has 0 unspecified atom stereocenters. The summed E-state index contributed by atoms with van der Waals surface area (Å²) in [5.41, 5.74) is 1.06. The number of H-pyrrole nitrogens is 1. The summed E-state index contributed by atoms with van der Waals surface area (Å²) in [6.07, 6.45) is 4.83. The van der Waals surface area contributed by atoms with Gasteiger partial charge in [-0.1, -0.05) is 6.07 Å². The fourth-order valence-corrected chi connectivity index (χ4v) is 1.91. The van der Waals surface area contributed by atoms with E-state index in [4.69, 9.17) is 0 Å². The number of nitrogens with one attached hydrogen (secondary N) is 2. The van der Waals surface area contributed by atoms with Crippen molar-refractivity contribution in [2.75, 3.05) is 0 Å². The summed E-state index contributed by atoms with van der Waals surface area (Å²) in [4.78, 5) is 22.8. The summed E-state index contributed by atoms with van der Waals surface area (Å²) in [5, 5.41) is 2.57. The number of fused-ring (bicyclic) bond motifs is 1. The number of aryl methyl sites for hydroxylation is 1. The van der Waals surface area contributed by atoms with Crippen LogP contribution in [0.1, 0.15) is 21.9 Å². The Morgan fingerprint density at radius 1 is 1.50 bits per heavy atom. The van der Waals surface area contributed by atoms with E-state index in [1.54, 1.807) is 24.7 Å². The first kappa shape index (κ1) is 12.3. The van der Waals surface area contributed by atoms with E-state index in [9.17, 15) is 9.18 Å². The van der Waals surface area contributed by atoms with Crippen molar-refractivity contribution >= 4 is 11.6 Å². The van der Waals surface area contributed by atoms with E-state index < -0.39 is 11.9 Å². The highest BCUT2D eigenvalue weighted by Crippen LogP contribution is 2.12. The molecule has 0 atom stereocenters. The van der Waals surface area contributed by atoms with Crippen LogP contribution in [0.5, 0.6) is 0 Å². The number of rotatable bonds is 3. The number of hydrogen-bond donors (Lipinski definition) is 2. The zero-order chi connectivity index (χ0) is 14.1. The number of halogens is 1. The van der Waals surface area contributed by atoms with Crippen molar-refractivity contribution in [2.24, 2.45) is 0 Å². The first-order valence-corrected chi connectivity index (χ1v) is 6.06. The molecular formula is C13H12FN5O. The number of carbonyl (C=O) groups is 1. The number of amides is 1. The summed E-state index contributed by atoms with van der Waals surface area (Å²) in [5.74, 6) is -0.640.